The summed E-state index contributed by atoms with van der Waals surface area (Å²) in [7, 11) is 0. The fourth-order valence-electron chi connectivity index (χ4n) is 4.77. The predicted molar refractivity (Wildman–Crippen MR) is 134 cm³/mol. The molecular formula is C28H34FN3O2. The van der Waals surface area contributed by atoms with Crippen LogP contribution in [0.4, 0.5) is 4.39 Å². The van der Waals surface area contributed by atoms with Gasteiger partial charge in [0.15, 0.2) is 0 Å². The van der Waals surface area contributed by atoms with E-state index in [4.69, 9.17) is 4.98 Å². The number of fused-ring (bicyclic) bond motifs is 1. The third-order valence-electron chi connectivity index (χ3n) is 6.94. The highest BCUT2D eigenvalue weighted by molar-refractivity contribution is 5.81. The van der Waals surface area contributed by atoms with E-state index in [9.17, 15) is 14.0 Å². The highest BCUT2D eigenvalue weighted by atomic mass is 19.1. The lowest BCUT2D eigenvalue weighted by atomic mass is 9.84. The second-order valence-corrected chi connectivity index (χ2v) is 9.25. The Bertz CT molecular complexity index is 1180. The van der Waals surface area contributed by atoms with Crippen LogP contribution < -0.4 is 5.56 Å². The molecule has 34 heavy (non-hydrogen) atoms. The van der Waals surface area contributed by atoms with Gasteiger partial charge in [-0.3, -0.25) is 14.2 Å². The van der Waals surface area contributed by atoms with Crippen molar-refractivity contribution in [2.45, 2.75) is 71.3 Å². The molecule has 0 radical (unpaired) electrons. The molecule has 3 aromatic rings. The van der Waals surface area contributed by atoms with Crippen LogP contribution in [0.15, 0.2) is 53.3 Å². The molecule has 0 spiro atoms. The molecule has 1 aliphatic rings. The number of aromatic nitrogens is 2. The molecule has 1 unspecified atom stereocenters. The largest absolute Gasteiger partial charge is 0.332 e. The van der Waals surface area contributed by atoms with Gasteiger partial charge in [0.05, 0.1) is 22.6 Å². The molecule has 1 aliphatic carbocycles. The van der Waals surface area contributed by atoms with E-state index in [1.54, 1.807) is 22.8 Å². The maximum Gasteiger partial charge on any atom is 0.266 e. The van der Waals surface area contributed by atoms with E-state index >= 15 is 0 Å². The van der Waals surface area contributed by atoms with E-state index in [0.29, 0.717) is 35.4 Å². The van der Waals surface area contributed by atoms with E-state index in [2.05, 4.69) is 6.92 Å². The molecule has 2 aromatic carbocycles. The highest BCUT2D eigenvalue weighted by Gasteiger charge is 2.35. The molecule has 1 aromatic heterocycles. The van der Waals surface area contributed by atoms with Crippen LogP contribution in [0.5, 0.6) is 0 Å². The Morgan fingerprint density at radius 3 is 2.47 bits per heavy atom. The Hall–Kier alpha value is -3.02. The Morgan fingerprint density at radius 2 is 1.82 bits per heavy atom. The van der Waals surface area contributed by atoms with Crippen molar-refractivity contribution in [2.24, 2.45) is 5.92 Å². The van der Waals surface area contributed by atoms with E-state index in [1.807, 2.05) is 30.0 Å². The number of hydrogen-bond acceptors (Lipinski definition) is 3. The van der Waals surface area contributed by atoms with Crippen LogP contribution in [0.25, 0.3) is 16.6 Å². The molecule has 5 nitrogen and oxygen atoms in total. The number of halogens is 1. The number of carbonyl (C=O) groups is 1. The van der Waals surface area contributed by atoms with E-state index < -0.39 is 0 Å². The first kappa shape index (κ1) is 24.1. The van der Waals surface area contributed by atoms with Gasteiger partial charge in [-0.1, -0.05) is 51.7 Å². The summed E-state index contributed by atoms with van der Waals surface area (Å²) in [6.07, 6.45) is 7.84. The number of hydrogen-bond donors (Lipinski definition) is 0. The molecule has 1 fully saturated rings. The third-order valence-corrected chi connectivity index (χ3v) is 6.94. The van der Waals surface area contributed by atoms with Crippen molar-refractivity contribution in [1.82, 2.24) is 14.5 Å². The fraction of sp³-hybridized carbons (Fsp3) is 0.464. The third kappa shape index (κ3) is 4.91. The maximum absolute atomic E-state index is 13.7. The number of para-hydroxylation sites is 1. The Labute approximate surface area is 200 Å². The zero-order chi connectivity index (χ0) is 24.1. The summed E-state index contributed by atoms with van der Waals surface area (Å²) >= 11 is 0. The van der Waals surface area contributed by atoms with Gasteiger partial charge in [0, 0.05) is 12.5 Å². The van der Waals surface area contributed by atoms with Gasteiger partial charge in [-0.05, 0) is 62.1 Å². The van der Waals surface area contributed by atoms with Gasteiger partial charge < -0.3 is 4.90 Å². The minimum Gasteiger partial charge on any atom is -0.332 e. The van der Waals surface area contributed by atoms with Crippen molar-refractivity contribution < 1.29 is 9.18 Å². The number of carbonyl (C=O) groups excluding carboxylic acids is 1. The molecule has 1 amide bonds. The van der Waals surface area contributed by atoms with Gasteiger partial charge in [-0.2, -0.15) is 0 Å². The molecule has 4 rings (SSSR count). The molecular weight excluding hydrogens is 429 g/mol. The highest BCUT2D eigenvalue weighted by Crippen LogP contribution is 2.33. The van der Waals surface area contributed by atoms with Gasteiger partial charge in [-0.15, -0.1) is 0 Å². The van der Waals surface area contributed by atoms with E-state index in [1.165, 1.54) is 12.1 Å². The normalized spacial score (nSPS) is 14.7. The Morgan fingerprint density at radius 1 is 1.09 bits per heavy atom. The van der Waals surface area contributed by atoms with Crippen molar-refractivity contribution in [2.75, 3.05) is 6.54 Å². The molecule has 1 atom stereocenters. The van der Waals surface area contributed by atoms with E-state index in [0.717, 1.165) is 44.9 Å². The van der Waals surface area contributed by atoms with Crippen LogP contribution in [-0.2, 0) is 4.79 Å². The minimum atomic E-state index is -0.364. The molecule has 6 heteroatoms. The second kappa shape index (κ2) is 10.9. The Balaban J connectivity index is 1.84. The summed E-state index contributed by atoms with van der Waals surface area (Å²) < 4.78 is 15.3. The molecule has 0 N–H and O–H groups in total. The monoisotopic (exact) mass is 463 g/mol. The lowest BCUT2D eigenvalue weighted by Crippen LogP contribution is -2.43. The zero-order valence-electron chi connectivity index (χ0n) is 20.2. The average molecular weight is 464 g/mol. The molecule has 1 heterocycles. The van der Waals surface area contributed by atoms with Crippen molar-refractivity contribution in [3.63, 3.8) is 0 Å². The first-order chi connectivity index (χ1) is 16.5. The average Bonchev–Trinajstić information content (AvgIpc) is 2.81. The molecule has 1 saturated carbocycles. The van der Waals surface area contributed by atoms with Crippen LogP contribution in [0.2, 0.25) is 0 Å². The summed E-state index contributed by atoms with van der Waals surface area (Å²) in [6.45, 7) is 4.86. The Kier molecular flexibility index (Phi) is 7.76. The number of benzene rings is 2. The smallest absolute Gasteiger partial charge is 0.266 e. The quantitative estimate of drug-likeness (QED) is 0.337. The fourth-order valence-corrected chi connectivity index (χ4v) is 4.77. The predicted octanol–water partition coefficient (Wildman–Crippen LogP) is 6.18. The van der Waals surface area contributed by atoms with Crippen LogP contribution in [0, 0.1) is 11.7 Å². The first-order valence-corrected chi connectivity index (χ1v) is 12.6. The van der Waals surface area contributed by atoms with E-state index in [-0.39, 0.29) is 29.2 Å². The van der Waals surface area contributed by atoms with Gasteiger partial charge in [0.25, 0.3) is 5.56 Å². The second-order valence-electron chi connectivity index (χ2n) is 9.25. The summed E-state index contributed by atoms with van der Waals surface area (Å²) in [5.74, 6) is 0.409. The summed E-state index contributed by atoms with van der Waals surface area (Å²) in [5.41, 5.74) is 0.967. The summed E-state index contributed by atoms with van der Waals surface area (Å²) in [6, 6.07) is 12.8. The standard InChI is InChI=1S/C28H34FN3O2/c1-3-5-6-9-19-31(27(33)20-11-10-12-20)25(4-2)26-30-24-14-8-7-13-23(24)28(34)32(26)22-17-15-21(29)16-18-22/h7-8,13-18,20,25H,3-6,9-12,19H2,1-2H3. The maximum atomic E-state index is 13.7. The topological polar surface area (TPSA) is 55.2 Å². The van der Waals surface area contributed by atoms with Gasteiger partial charge in [0.1, 0.15) is 11.6 Å². The minimum absolute atomic E-state index is 0.0617. The van der Waals surface area contributed by atoms with Gasteiger partial charge in [0.2, 0.25) is 5.91 Å². The van der Waals surface area contributed by atoms with Crippen molar-refractivity contribution >= 4 is 16.8 Å². The van der Waals surface area contributed by atoms with Crippen LogP contribution in [0.1, 0.15) is 77.1 Å². The molecule has 180 valence electrons. The van der Waals surface area contributed by atoms with Crippen LogP contribution >= 0.6 is 0 Å². The lowest BCUT2D eigenvalue weighted by molar-refractivity contribution is -0.141. The van der Waals surface area contributed by atoms with Crippen LogP contribution in [-0.4, -0.2) is 26.9 Å². The van der Waals surface area contributed by atoms with Crippen LogP contribution in [0.3, 0.4) is 0 Å². The van der Waals surface area contributed by atoms with Crippen molar-refractivity contribution in [1.29, 1.82) is 0 Å². The SMILES string of the molecule is CCCCCCN(C(=O)C1CCC1)C(CC)c1nc2ccccc2c(=O)n1-c1ccc(F)cc1. The lowest BCUT2D eigenvalue weighted by Gasteiger charge is -2.37. The van der Waals surface area contributed by atoms with Crippen molar-refractivity contribution in [3.8, 4) is 5.69 Å². The number of amides is 1. The zero-order valence-corrected chi connectivity index (χ0v) is 20.2. The molecule has 0 aliphatic heterocycles. The molecule has 0 bridgehead atoms. The number of rotatable bonds is 10. The number of nitrogens with zero attached hydrogens (tertiary/aromatic N) is 3. The van der Waals surface area contributed by atoms with Crippen molar-refractivity contribution in [3.05, 3.63) is 70.5 Å². The summed E-state index contributed by atoms with van der Waals surface area (Å²) in [4.78, 5) is 34.1. The first-order valence-electron chi connectivity index (χ1n) is 12.6. The van der Waals surface area contributed by atoms with Gasteiger partial charge in [-0.25, -0.2) is 9.37 Å². The van der Waals surface area contributed by atoms with Gasteiger partial charge >= 0.3 is 0 Å². The number of unbranched alkanes of at least 4 members (excludes halogenated alkanes) is 3. The summed E-state index contributed by atoms with van der Waals surface area (Å²) in [5, 5.41) is 0.505. The molecule has 0 saturated heterocycles.